The summed E-state index contributed by atoms with van der Waals surface area (Å²) in [5.74, 6) is -4.33. The number of hydrogen-bond donors (Lipinski definition) is 0. The molecule has 6 nitrogen and oxygen atoms in total. The van der Waals surface area contributed by atoms with Crippen LogP contribution in [0.4, 0.5) is 5.69 Å². The fraction of sp³-hybridized carbons (Fsp3) is 0.267. The maximum atomic E-state index is 14.0. The van der Waals surface area contributed by atoms with Crippen LogP contribution in [-0.4, -0.2) is 29.0 Å². The van der Waals surface area contributed by atoms with E-state index in [2.05, 4.69) is 13.8 Å². The minimum Gasteiger partial charge on any atom is -0.349 e. The number of carbonyl (C=O) groups is 4. The molecule has 3 atom stereocenters. The highest BCUT2D eigenvalue weighted by Gasteiger charge is 2.74. The van der Waals surface area contributed by atoms with Crippen LogP contribution in [0, 0.1) is 18.8 Å². The number of amides is 2. The van der Waals surface area contributed by atoms with Crippen molar-refractivity contribution in [2.24, 2.45) is 11.8 Å². The molecule has 186 valence electrons. The Labute approximate surface area is 219 Å². The summed E-state index contributed by atoms with van der Waals surface area (Å²) >= 11 is 6.32. The number of hydrogen-bond acceptors (Lipinski definition) is 5. The minimum atomic E-state index is -2.09. The number of aryl methyl sites for hydroxylation is 1. The van der Waals surface area contributed by atoms with Gasteiger partial charge in [-0.3, -0.25) is 19.2 Å². The number of nitrogens with zero attached hydrogens (tertiary/aromatic N) is 1. The van der Waals surface area contributed by atoms with E-state index in [9.17, 15) is 19.2 Å². The largest absolute Gasteiger partial charge is 0.349 e. The van der Waals surface area contributed by atoms with Crippen LogP contribution < -0.4 is 4.90 Å². The van der Waals surface area contributed by atoms with Crippen molar-refractivity contribution in [3.8, 4) is 0 Å². The normalized spacial score (nSPS) is 23.9. The van der Waals surface area contributed by atoms with Gasteiger partial charge in [-0.15, -0.1) is 0 Å². The molecule has 2 saturated heterocycles. The second kappa shape index (κ2) is 8.20. The van der Waals surface area contributed by atoms with Gasteiger partial charge in [0.2, 0.25) is 29.0 Å². The van der Waals surface area contributed by atoms with Crippen molar-refractivity contribution >= 4 is 40.7 Å². The topological polar surface area (TPSA) is 80.8 Å². The van der Waals surface area contributed by atoms with Crippen molar-refractivity contribution in [3.63, 3.8) is 0 Å². The molecular weight excluding hydrogens is 490 g/mol. The van der Waals surface area contributed by atoms with Gasteiger partial charge < -0.3 is 4.74 Å². The molecule has 3 aliphatic rings. The number of benzene rings is 3. The lowest BCUT2D eigenvalue weighted by Gasteiger charge is -2.27. The number of ketones is 2. The summed E-state index contributed by atoms with van der Waals surface area (Å²) in [7, 11) is 0. The number of Topliss-reactive ketones (excluding diaryl/α,β-unsaturated/α-hetero) is 2. The van der Waals surface area contributed by atoms with Crippen molar-refractivity contribution in [2.75, 3.05) is 4.90 Å². The molecule has 0 saturated carbocycles. The Balaban J connectivity index is 1.52. The monoisotopic (exact) mass is 513 g/mol. The van der Waals surface area contributed by atoms with Gasteiger partial charge in [-0.25, -0.2) is 4.90 Å². The van der Waals surface area contributed by atoms with Gasteiger partial charge in [0.25, 0.3) is 0 Å². The van der Waals surface area contributed by atoms with Crippen molar-refractivity contribution in [3.05, 3.63) is 99.6 Å². The van der Waals surface area contributed by atoms with Gasteiger partial charge in [-0.1, -0.05) is 80.0 Å². The smallest absolute Gasteiger partial charge is 0.241 e. The Hall–Kier alpha value is -3.61. The molecule has 7 heteroatoms. The van der Waals surface area contributed by atoms with E-state index < -0.39 is 46.9 Å². The molecule has 6 rings (SSSR count). The van der Waals surface area contributed by atoms with Gasteiger partial charge in [-0.2, -0.15) is 0 Å². The van der Waals surface area contributed by atoms with E-state index in [-0.39, 0.29) is 11.1 Å². The Morgan fingerprint density at radius 1 is 0.865 bits per heavy atom. The van der Waals surface area contributed by atoms with Crippen molar-refractivity contribution in [1.82, 2.24) is 0 Å². The van der Waals surface area contributed by atoms with Crippen LogP contribution in [0.2, 0.25) is 5.02 Å². The second-order valence-corrected chi connectivity index (χ2v) is 10.7. The summed E-state index contributed by atoms with van der Waals surface area (Å²) in [4.78, 5) is 56.7. The highest BCUT2D eigenvalue weighted by atomic mass is 35.5. The molecule has 0 aromatic heterocycles. The first-order chi connectivity index (χ1) is 17.7. The highest BCUT2D eigenvalue weighted by Crippen LogP contribution is 2.57. The highest BCUT2D eigenvalue weighted by molar-refractivity contribution is 6.37. The Morgan fingerprint density at radius 2 is 1.49 bits per heavy atom. The van der Waals surface area contributed by atoms with Crippen LogP contribution in [0.5, 0.6) is 0 Å². The van der Waals surface area contributed by atoms with Gasteiger partial charge in [0.1, 0.15) is 0 Å². The fourth-order valence-corrected chi connectivity index (χ4v) is 6.04. The molecule has 37 heavy (non-hydrogen) atoms. The zero-order valence-corrected chi connectivity index (χ0v) is 21.3. The first-order valence-corrected chi connectivity index (χ1v) is 12.6. The molecule has 2 fully saturated rings. The Bertz CT molecular complexity index is 1470. The Kier molecular flexibility index (Phi) is 5.27. The van der Waals surface area contributed by atoms with Crippen LogP contribution in [0.3, 0.4) is 0 Å². The SMILES string of the molecule is Cc1ccc(N2C(=O)[C@@H]3[C@@H](c4ccc(C(C)C)cc4)OC4(C(=O)c5ccccc5C4=O)[C@@H]3C2=O)cc1Cl. The molecule has 2 amide bonds. The van der Waals surface area contributed by atoms with E-state index >= 15 is 0 Å². The number of rotatable bonds is 3. The minimum absolute atomic E-state index is 0.208. The maximum Gasteiger partial charge on any atom is 0.241 e. The third-order valence-electron chi connectivity index (χ3n) is 7.86. The average Bonchev–Trinajstić information content (AvgIpc) is 3.46. The van der Waals surface area contributed by atoms with Crippen LogP contribution in [0.15, 0.2) is 66.7 Å². The summed E-state index contributed by atoms with van der Waals surface area (Å²) in [5.41, 5.74) is 1.16. The van der Waals surface area contributed by atoms with E-state index in [0.717, 1.165) is 16.0 Å². The van der Waals surface area contributed by atoms with Crippen LogP contribution in [0.1, 0.15) is 63.3 Å². The zero-order valence-electron chi connectivity index (χ0n) is 20.5. The van der Waals surface area contributed by atoms with E-state index in [0.29, 0.717) is 22.2 Å². The van der Waals surface area contributed by atoms with E-state index in [1.54, 1.807) is 42.5 Å². The molecule has 2 aliphatic heterocycles. The lowest BCUT2D eigenvalue weighted by atomic mass is 9.77. The van der Waals surface area contributed by atoms with Gasteiger partial charge in [-0.05, 0) is 41.7 Å². The predicted molar refractivity (Wildman–Crippen MR) is 138 cm³/mol. The number of ether oxygens (including phenoxy) is 1. The van der Waals surface area contributed by atoms with Crippen molar-refractivity contribution in [1.29, 1.82) is 0 Å². The summed E-state index contributed by atoms with van der Waals surface area (Å²) < 4.78 is 6.34. The third-order valence-corrected chi connectivity index (χ3v) is 8.27. The van der Waals surface area contributed by atoms with Crippen LogP contribution in [0.25, 0.3) is 0 Å². The lowest BCUT2D eigenvalue weighted by Crippen LogP contribution is -2.51. The number of fused-ring (bicyclic) bond motifs is 3. The maximum absolute atomic E-state index is 14.0. The molecule has 2 heterocycles. The van der Waals surface area contributed by atoms with Crippen molar-refractivity contribution < 1.29 is 23.9 Å². The van der Waals surface area contributed by atoms with Gasteiger partial charge in [0, 0.05) is 16.1 Å². The molecule has 1 aliphatic carbocycles. The van der Waals surface area contributed by atoms with E-state index in [1.165, 1.54) is 0 Å². The molecule has 0 N–H and O–H groups in total. The summed E-state index contributed by atoms with van der Waals surface area (Å²) in [6.45, 7) is 5.97. The molecule has 1 spiro atoms. The number of carbonyl (C=O) groups excluding carboxylic acids is 4. The van der Waals surface area contributed by atoms with Crippen LogP contribution in [-0.2, 0) is 14.3 Å². The predicted octanol–water partition coefficient (Wildman–Crippen LogP) is 5.47. The lowest BCUT2D eigenvalue weighted by molar-refractivity contribution is -0.127. The quantitative estimate of drug-likeness (QED) is 0.343. The number of imide groups is 1. The van der Waals surface area contributed by atoms with Gasteiger partial charge in [0.05, 0.1) is 23.6 Å². The first-order valence-electron chi connectivity index (χ1n) is 12.3. The molecule has 0 unspecified atom stereocenters. The number of anilines is 1. The summed E-state index contributed by atoms with van der Waals surface area (Å²) in [6, 6.07) is 18.9. The van der Waals surface area contributed by atoms with Gasteiger partial charge >= 0.3 is 0 Å². The average molecular weight is 514 g/mol. The second-order valence-electron chi connectivity index (χ2n) is 10.2. The van der Waals surface area contributed by atoms with Gasteiger partial charge in [0.15, 0.2) is 0 Å². The van der Waals surface area contributed by atoms with Crippen LogP contribution >= 0.6 is 11.6 Å². The fourth-order valence-electron chi connectivity index (χ4n) is 5.86. The molecule has 3 aromatic rings. The zero-order chi connectivity index (χ0) is 26.2. The number of halogens is 1. The molecular formula is C30H24ClNO5. The first kappa shape index (κ1) is 23.8. The Morgan fingerprint density at radius 3 is 2.05 bits per heavy atom. The standard InChI is InChI=1S/C30H24ClNO5/c1-15(2)17-9-11-18(12-10-17)25-23-24(29(36)32(28(23)35)19-13-8-16(3)22(31)14-19)30(37-25)26(33)20-6-4-5-7-21(20)27(30)34/h4-15,23-25H,1-3H3/t23-,24-,25+/m0/s1. The van der Waals surface area contributed by atoms with Crippen molar-refractivity contribution in [2.45, 2.75) is 38.4 Å². The summed E-state index contributed by atoms with van der Waals surface area (Å²) in [5, 5.41) is 0.405. The van der Waals surface area contributed by atoms with E-state index in [1.807, 2.05) is 31.2 Å². The third kappa shape index (κ3) is 3.15. The molecule has 0 radical (unpaired) electrons. The molecule has 0 bridgehead atoms. The summed E-state index contributed by atoms with van der Waals surface area (Å²) in [6.07, 6.45) is -0.948. The molecule has 3 aromatic carbocycles. The van der Waals surface area contributed by atoms with E-state index in [4.69, 9.17) is 16.3 Å².